The number of nitro groups is 1. The Morgan fingerprint density at radius 2 is 2.17 bits per heavy atom. The third-order valence-electron chi connectivity index (χ3n) is 2.61. The highest BCUT2D eigenvalue weighted by atomic mass is 16.6. The summed E-state index contributed by atoms with van der Waals surface area (Å²) in [6.07, 6.45) is 1.42. The van der Waals surface area contributed by atoms with E-state index in [4.69, 9.17) is 9.52 Å². The Morgan fingerprint density at radius 1 is 1.44 bits per heavy atom. The number of rotatable bonds is 3. The molecule has 0 spiro atoms. The molecule has 6 nitrogen and oxygen atoms in total. The van der Waals surface area contributed by atoms with Gasteiger partial charge in [-0.05, 0) is 25.1 Å². The highest BCUT2D eigenvalue weighted by molar-refractivity contribution is 5.91. The summed E-state index contributed by atoms with van der Waals surface area (Å²) in [5, 5.41) is 19.9. The van der Waals surface area contributed by atoms with Crippen molar-refractivity contribution in [3.8, 4) is 11.3 Å². The molecule has 18 heavy (non-hydrogen) atoms. The molecule has 92 valence electrons. The number of carbonyl (C=O) groups is 1. The molecule has 2 aromatic rings. The van der Waals surface area contributed by atoms with Crippen molar-refractivity contribution in [2.24, 2.45) is 0 Å². The minimum atomic E-state index is -1.22. The van der Waals surface area contributed by atoms with Crippen molar-refractivity contribution in [2.75, 3.05) is 0 Å². The number of carboxylic acid groups (broad SMARTS) is 1. The lowest BCUT2D eigenvalue weighted by molar-refractivity contribution is -0.385. The van der Waals surface area contributed by atoms with E-state index in [1.165, 1.54) is 12.3 Å². The Bertz CT molecular complexity index is 616. The van der Waals surface area contributed by atoms with Crippen LogP contribution in [0.25, 0.3) is 11.3 Å². The van der Waals surface area contributed by atoms with Crippen molar-refractivity contribution in [3.63, 3.8) is 0 Å². The maximum absolute atomic E-state index is 11.0. The first-order valence-corrected chi connectivity index (χ1v) is 5.07. The lowest BCUT2D eigenvalue weighted by atomic mass is 10.0. The van der Waals surface area contributed by atoms with Crippen LogP contribution in [0.4, 0.5) is 5.69 Å². The second kappa shape index (κ2) is 4.33. The van der Waals surface area contributed by atoms with Crippen LogP contribution in [0, 0.1) is 17.0 Å². The lowest BCUT2D eigenvalue weighted by Crippen LogP contribution is -2.01. The summed E-state index contributed by atoms with van der Waals surface area (Å²) in [5.41, 5.74) is 0.409. The number of benzene rings is 1. The smallest absolute Gasteiger partial charge is 0.335 e. The van der Waals surface area contributed by atoms with E-state index in [1.807, 2.05) is 0 Å². The number of nitrogens with zero attached hydrogens (tertiary/aromatic N) is 1. The average molecular weight is 247 g/mol. The van der Waals surface area contributed by atoms with Gasteiger partial charge in [0.25, 0.3) is 5.69 Å². The fraction of sp³-hybridized carbons (Fsp3) is 0.0833. The Morgan fingerprint density at radius 3 is 2.67 bits per heavy atom. The fourth-order valence-electron chi connectivity index (χ4n) is 1.70. The van der Waals surface area contributed by atoms with Crippen molar-refractivity contribution in [2.45, 2.75) is 6.92 Å². The van der Waals surface area contributed by atoms with Crippen LogP contribution < -0.4 is 0 Å². The zero-order chi connectivity index (χ0) is 13.3. The topological polar surface area (TPSA) is 93.6 Å². The minimum absolute atomic E-state index is 0.140. The molecule has 0 fully saturated rings. The summed E-state index contributed by atoms with van der Waals surface area (Å²) in [6, 6.07) is 5.67. The van der Waals surface area contributed by atoms with Crippen LogP contribution in [-0.4, -0.2) is 16.0 Å². The normalized spacial score (nSPS) is 10.3. The van der Waals surface area contributed by atoms with E-state index < -0.39 is 10.9 Å². The van der Waals surface area contributed by atoms with Gasteiger partial charge in [0.15, 0.2) is 0 Å². The van der Waals surface area contributed by atoms with E-state index in [1.54, 1.807) is 19.1 Å². The fourth-order valence-corrected chi connectivity index (χ4v) is 1.70. The Labute approximate surface area is 102 Å². The SMILES string of the molecule is Cc1c(-c2ccco2)cc(C(=O)O)cc1[N+](=O)[O-]. The van der Waals surface area contributed by atoms with Crippen LogP contribution in [0.3, 0.4) is 0 Å². The standard InChI is InChI=1S/C12H9NO5/c1-7-9(11-3-2-4-18-11)5-8(12(14)15)6-10(7)13(16)17/h2-6H,1H3,(H,14,15). The van der Waals surface area contributed by atoms with Crippen molar-refractivity contribution in [1.82, 2.24) is 0 Å². The van der Waals surface area contributed by atoms with Gasteiger partial charge in [0, 0.05) is 17.2 Å². The molecule has 0 bridgehead atoms. The zero-order valence-corrected chi connectivity index (χ0v) is 9.41. The number of hydrogen-bond donors (Lipinski definition) is 1. The van der Waals surface area contributed by atoms with Gasteiger partial charge in [-0.1, -0.05) is 0 Å². The molecule has 6 heteroatoms. The molecule has 0 saturated heterocycles. The summed E-state index contributed by atoms with van der Waals surface area (Å²) in [4.78, 5) is 21.3. The molecule has 0 radical (unpaired) electrons. The molecule has 0 unspecified atom stereocenters. The first kappa shape index (κ1) is 11.8. The molecule has 1 aromatic heterocycles. The first-order chi connectivity index (χ1) is 8.50. The number of carboxylic acids is 1. The summed E-state index contributed by atoms with van der Waals surface area (Å²) >= 11 is 0. The number of nitro benzene ring substituents is 1. The van der Waals surface area contributed by atoms with Gasteiger partial charge in [-0.15, -0.1) is 0 Å². The van der Waals surface area contributed by atoms with Crippen molar-refractivity contribution >= 4 is 11.7 Å². The Balaban J connectivity index is 2.72. The van der Waals surface area contributed by atoms with E-state index in [0.29, 0.717) is 16.9 Å². The van der Waals surface area contributed by atoms with Crippen LogP contribution >= 0.6 is 0 Å². The minimum Gasteiger partial charge on any atom is -0.478 e. The van der Waals surface area contributed by atoms with Gasteiger partial charge in [0.05, 0.1) is 16.7 Å². The van der Waals surface area contributed by atoms with Gasteiger partial charge >= 0.3 is 5.97 Å². The molecule has 0 amide bonds. The average Bonchev–Trinajstić information content (AvgIpc) is 2.81. The maximum Gasteiger partial charge on any atom is 0.335 e. The third kappa shape index (κ3) is 1.95. The second-order valence-electron chi connectivity index (χ2n) is 3.71. The van der Waals surface area contributed by atoms with Crippen molar-refractivity contribution in [3.05, 3.63) is 51.8 Å². The van der Waals surface area contributed by atoms with E-state index in [0.717, 1.165) is 6.07 Å². The Kier molecular flexibility index (Phi) is 2.85. The van der Waals surface area contributed by atoms with E-state index in [9.17, 15) is 14.9 Å². The summed E-state index contributed by atoms with van der Waals surface area (Å²) in [6.45, 7) is 1.56. The van der Waals surface area contributed by atoms with E-state index in [2.05, 4.69) is 0 Å². The predicted molar refractivity (Wildman–Crippen MR) is 62.5 cm³/mol. The quantitative estimate of drug-likeness (QED) is 0.664. The molecule has 1 heterocycles. The first-order valence-electron chi connectivity index (χ1n) is 5.07. The van der Waals surface area contributed by atoms with Crippen LogP contribution in [0.15, 0.2) is 34.9 Å². The largest absolute Gasteiger partial charge is 0.478 e. The number of furan rings is 1. The van der Waals surface area contributed by atoms with Gasteiger partial charge in [-0.2, -0.15) is 0 Å². The molecular formula is C12H9NO5. The third-order valence-corrected chi connectivity index (χ3v) is 2.61. The molecule has 2 rings (SSSR count). The van der Waals surface area contributed by atoms with Crippen LogP contribution in [0.1, 0.15) is 15.9 Å². The highest BCUT2D eigenvalue weighted by Gasteiger charge is 2.20. The van der Waals surface area contributed by atoms with E-state index >= 15 is 0 Å². The van der Waals surface area contributed by atoms with Gasteiger partial charge in [-0.25, -0.2) is 4.79 Å². The molecule has 0 saturated carbocycles. The monoisotopic (exact) mass is 247 g/mol. The highest BCUT2D eigenvalue weighted by Crippen LogP contribution is 2.31. The van der Waals surface area contributed by atoms with Gasteiger partial charge < -0.3 is 9.52 Å². The van der Waals surface area contributed by atoms with Gasteiger partial charge in [-0.3, -0.25) is 10.1 Å². The molecule has 1 aromatic carbocycles. The van der Waals surface area contributed by atoms with Crippen LogP contribution in [0.5, 0.6) is 0 Å². The summed E-state index contributed by atoms with van der Waals surface area (Å²) in [5.74, 6) is -0.815. The number of hydrogen-bond acceptors (Lipinski definition) is 4. The van der Waals surface area contributed by atoms with Gasteiger partial charge in [0.1, 0.15) is 5.76 Å². The zero-order valence-electron chi connectivity index (χ0n) is 9.41. The molecule has 0 aliphatic heterocycles. The van der Waals surface area contributed by atoms with Crippen molar-refractivity contribution in [1.29, 1.82) is 0 Å². The Hall–Kier alpha value is -2.63. The number of aromatic carboxylic acids is 1. The van der Waals surface area contributed by atoms with E-state index in [-0.39, 0.29) is 11.3 Å². The molecular weight excluding hydrogens is 238 g/mol. The molecule has 0 aliphatic carbocycles. The molecule has 0 atom stereocenters. The summed E-state index contributed by atoms with van der Waals surface area (Å²) in [7, 11) is 0. The molecule has 1 N–H and O–H groups in total. The van der Waals surface area contributed by atoms with Crippen LogP contribution in [0.2, 0.25) is 0 Å². The predicted octanol–water partition coefficient (Wildman–Crippen LogP) is 2.86. The maximum atomic E-state index is 11.0. The second-order valence-corrected chi connectivity index (χ2v) is 3.71. The lowest BCUT2D eigenvalue weighted by Gasteiger charge is -2.05. The molecule has 0 aliphatic rings. The summed E-state index contributed by atoms with van der Waals surface area (Å²) < 4.78 is 5.15. The van der Waals surface area contributed by atoms with Crippen molar-refractivity contribution < 1.29 is 19.2 Å². The van der Waals surface area contributed by atoms with Gasteiger partial charge in [0.2, 0.25) is 0 Å². The van der Waals surface area contributed by atoms with Crippen LogP contribution in [-0.2, 0) is 0 Å².